The van der Waals surface area contributed by atoms with Gasteiger partial charge in [0.25, 0.3) is 0 Å². The van der Waals surface area contributed by atoms with Crippen LogP contribution >= 0.6 is 68.6 Å². The first kappa shape index (κ1) is 10.1. The van der Waals surface area contributed by atoms with Crippen molar-refractivity contribution in [3.63, 3.8) is 0 Å². The Hall–Kier alpha value is 2.11. The van der Waals surface area contributed by atoms with Crippen LogP contribution in [0.2, 0.25) is 0 Å². The minimum atomic E-state index is 1.25. The number of nitrogens with zero attached hydrogens (tertiary/aromatic N) is 1. The van der Waals surface area contributed by atoms with Crippen molar-refractivity contribution in [2.75, 3.05) is 13.1 Å². The molecule has 1 rings (SSSR count). The van der Waals surface area contributed by atoms with Crippen LogP contribution in [0.5, 0.6) is 0 Å². The van der Waals surface area contributed by atoms with Gasteiger partial charge in [0.2, 0.25) is 0 Å². The number of rotatable bonds is 0. The predicted octanol–water partition coefficient (Wildman–Crippen LogP) is 2.32. The van der Waals surface area contributed by atoms with Gasteiger partial charge in [-0.1, -0.05) is 0 Å². The Kier molecular flexibility index (Phi) is 9.12. The van der Waals surface area contributed by atoms with Gasteiger partial charge in [-0.2, -0.15) is 0 Å². The van der Waals surface area contributed by atoms with Gasteiger partial charge in [-0.15, -0.1) is -0.460 Å². The fraction of sp³-hybridized carbons (Fsp3) is 1.00. The lowest BCUT2D eigenvalue weighted by Gasteiger charge is -2.09. The van der Waals surface area contributed by atoms with Gasteiger partial charge in [0.1, 0.15) is 0 Å². The van der Waals surface area contributed by atoms with Gasteiger partial charge in [-0.05, 0) is 19.5 Å². The lowest BCUT2D eigenvalue weighted by atomic mass is 10.3. The fourth-order valence-corrected chi connectivity index (χ4v) is 0.177. The van der Waals surface area contributed by atoms with Crippen LogP contribution in [-0.2, 0) is 0 Å². The molecule has 0 spiro atoms. The van der Waals surface area contributed by atoms with E-state index in [4.69, 9.17) is 0 Å². The summed E-state index contributed by atoms with van der Waals surface area (Å²) in [6.45, 7) is 2.50. The van der Waals surface area contributed by atoms with Crippen LogP contribution in [0.3, 0.4) is 0 Å². The van der Waals surface area contributed by atoms with E-state index < -0.39 is 0 Å². The van der Waals surface area contributed by atoms with Crippen molar-refractivity contribution in [3.05, 3.63) is 0 Å². The van der Waals surface area contributed by atoms with Crippen LogP contribution < -0.4 is 5.32 Å². The summed E-state index contributed by atoms with van der Waals surface area (Å²) in [6, 6.07) is 0. The highest BCUT2D eigenvalue weighted by atomic mass is 127. The zero-order chi connectivity index (χ0) is 6.41. The molecule has 0 amide bonds. The molecule has 0 aromatic carbocycles. The Labute approximate surface area is 91.6 Å². The normalized spacial score (nSPS) is 16.5. The Morgan fingerprint density at radius 3 is 1.25 bits per heavy atom. The third-order valence-electron chi connectivity index (χ3n) is 0.707. The molecular weight excluding hydrogens is 445 g/mol. The Morgan fingerprint density at radius 2 is 1.25 bits per heavy atom. The highest BCUT2D eigenvalue weighted by Gasteiger charge is 1.92. The van der Waals surface area contributed by atoms with Gasteiger partial charge < -0.3 is 5.32 Å². The number of hydrogen-bond donors (Lipinski definition) is 1. The molecule has 1 heterocycles. The molecule has 2 nitrogen and oxygen atoms in total. The quantitative estimate of drug-likeness (QED) is 0.449. The Morgan fingerprint density at radius 1 is 1.12 bits per heavy atom. The lowest BCUT2D eigenvalue weighted by molar-refractivity contribution is 0.527. The molecule has 0 aliphatic carbocycles. The van der Waals surface area contributed by atoms with Crippen LogP contribution in [0.1, 0.15) is 6.42 Å². The highest BCUT2D eigenvalue weighted by molar-refractivity contribution is 14.3. The Bertz CT molecular complexity index is 39.0. The smallest absolute Gasteiger partial charge is 0.0420 e. The highest BCUT2D eigenvalue weighted by Crippen LogP contribution is 2.12. The van der Waals surface area contributed by atoms with E-state index in [9.17, 15) is 0 Å². The summed E-state index contributed by atoms with van der Waals surface area (Å²) >= 11 is 6.45. The van der Waals surface area contributed by atoms with Crippen LogP contribution in [0, 0.1) is 0 Å². The standard InChI is InChI=1S/C3H7N.I3N/c1-2-4-3-1;1-4(2)3/h4H,1-3H2;. The lowest BCUT2D eigenvalue weighted by Crippen LogP contribution is -2.29. The molecule has 0 saturated carbocycles. The van der Waals surface area contributed by atoms with E-state index in [1.807, 2.05) is -0.460 Å². The first-order valence-electron chi connectivity index (χ1n) is 2.21. The van der Waals surface area contributed by atoms with Crippen molar-refractivity contribution in [1.82, 2.24) is 4.86 Å². The van der Waals surface area contributed by atoms with Crippen molar-refractivity contribution < 1.29 is 0 Å². The second-order valence-electron chi connectivity index (χ2n) is 1.30. The summed E-state index contributed by atoms with van der Waals surface area (Å²) in [5, 5.41) is 3.11. The van der Waals surface area contributed by atoms with E-state index in [1.165, 1.54) is 19.5 Å². The molecule has 0 unspecified atom stereocenters. The summed E-state index contributed by atoms with van der Waals surface area (Å²) in [7, 11) is 0. The third kappa shape index (κ3) is 11.0. The van der Waals surface area contributed by atoms with Crippen molar-refractivity contribution in [1.29, 1.82) is 0 Å². The molecular formula is C3H7I3N2. The maximum Gasteiger partial charge on any atom is 0.0420 e. The number of hydrogen-bond acceptors (Lipinski definition) is 2. The molecule has 1 saturated heterocycles. The topological polar surface area (TPSA) is 15.3 Å². The summed E-state index contributed by atoms with van der Waals surface area (Å²) in [6.07, 6.45) is 1.39. The average molecular weight is 452 g/mol. The molecule has 0 bridgehead atoms. The van der Waals surface area contributed by atoms with Crippen LogP contribution in [0.25, 0.3) is 0 Å². The molecule has 0 aromatic heterocycles. The number of nitrogens with one attached hydrogen (secondary N) is 1. The summed E-state index contributed by atoms with van der Waals surface area (Å²) in [5.41, 5.74) is 0. The number of halogens is 3. The molecule has 1 N–H and O–H groups in total. The van der Waals surface area contributed by atoms with E-state index in [0.717, 1.165) is 0 Å². The maximum absolute atomic E-state index is 3.11. The molecule has 0 radical (unpaired) electrons. The zero-order valence-corrected chi connectivity index (χ0v) is 10.7. The van der Waals surface area contributed by atoms with Crippen molar-refractivity contribution >= 4 is 68.6 Å². The van der Waals surface area contributed by atoms with Crippen LogP contribution in [0.4, 0.5) is 0 Å². The van der Waals surface area contributed by atoms with E-state index in [2.05, 4.69) is 73.9 Å². The van der Waals surface area contributed by atoms with Crippen molar-refractivity contribution in [2.24, 2.45) is 0 Å². The van der Waals surface area contributed by atoms with Gasteiger partial charge in [0.05, 0.1) is 0 Å². The Balaban J connectivity index is 0.000000122. The van der Waals surface area contributed by atoms with Gasteiger partial charge in [-0.25, -0.2) is 0 Å². The van der Waals surface area contributed by atoms with Crippen molar-refractivity contribution in [2.45, 2.75) is 6.42 Å². The van der Waals surface area contributed by atoms with E-state index in [-0.39, 0.29) is 0 Å². The monoisotopic (exact) mass is 452 g/mol. The molecule has 5 heteroatoms. The van der Waals surface area contributed by atoms with Gasteiger partial charge >= 0.3 is 0 Å². The minimum absolute atomic E-state index is 1.25. The molecule has 0 aromatic rings. The fourth-order valence-electron chi connectivity index (χ4n) is 0.177. The summed E-state index contributed by atoms with van der Waals surface area (Å²) in [5.74, 6) is 0. The first-order chi connectivity index (χ1) is 3.73. The molecule has 1 aliphatic rings. The maximum atomic E-state index is 3.11. The van der Waals surface area contributed by atoms with Gasteiger partial charge in [0, 0.05) is 68.6 Å². The van der Waals surface area contributed by atoms with E-state index in [1.54, 1.807) is 0 Å². The van der Waals surface area contributed by atoms with Gasteiger partial charge in [0.15, 0.2) is 0 Å². The molecule has 8 heavy (non-hydrogen) atoms. The van der Waals surface area contributed by atoms with Crippen molar-refractivity contribution in [3.8, 4) is 0 Å². The predicted molar refractivity (Wildman–Crippen MR) is 61.4 cm³/mol. The first-order valence-corrected chi connectivity index (χ1v) is 5.11. The largest absolute Gasteiger partial charge is 0.317 e. The summed E-state index contributed by atoms with van der Waals surface area (Å²) in [4.78, 5) is 0. The van der Waals surface area contributed by atoms with Gasteiger partial charge in [-0.3, -0.25) is 0 Å². The average Bonchev–Trinajstić information content (AvgIpc) is 1.19. The summed E-state index contributed by atoms with van der Waals surface area (Å²) < 4.78 is 1.91. The van der Waals surface area contributed by atoms with Crippen LogP contribution in [0.15, 0.2) is 0 Å². The second-order valence-corrected chi connectivity index (χ2v) is 9.73. The SMILES string of the molecule is C1CNC1.IN(I)I. The minimum Gasteiger partial charge on any atom is -0.317 e. The molecule has 1 fully saturated rings. The second kappa shape index (κ2) is 7.22. The van der Waals surface area contributed by atoms with E-state index in [0.29, 0.717) is 0 Å². The van der Waals surface area contributed by atoms with E-state index >= 15 is 0 Å². The molecule has 50 valence electrons. The molecule has 1 aliphatic heterocycles. The molecule has 0 atom stereocenters. The zero-order valence-electron chi connectivity index (χ0n) is 4.20. The van der Waals surface area contributed by atoms with Crippen LogP contribution in [-0.4, -0.2) is 12.6 Å². The third-order valence-corrected chi connectivity index (χ3v) is 0.707.